The van der Waals surface area contributed by atoms with Crippen molar-refractivity contribution < 1.29 is 14.0 Å². The average Bonchev–Trinajstić information content (AvgIpc) is 3.11. The van der Waals surface area contributed by atoms with Crippen LogP contribution in [0.2, 0.25) is 0 Å². The highest BCUT2D eigenvalue weighted by Crippen LogP contribution is 2.22. The van der Waals surface area contributed by atoms with Crippen LogP contribution in [0, 0.1) is 24.1 Å². The molecule has 0 fully saturated rings. The molecule has 0 spiro atoms. The van der Waals surface area contributed by atoms with Gasteiger partial charge in [0.05, 0.1) is 13.1 Å². The van der Waals surface area contributed by atoms with E-state index in [1.807, 2.05) is 39.8 Å². The van der Waals surface area contributed by atoms with Gasteiger partial charge in [-0.1, -0.05) is 53.2 Å². The summed E-state index contributed by atoms with van der Waals surface area (Å²) in [7, 11) is 0. The number of hydrogen-bond donors (Lipinski definition) is 0. The van der Waals surface area contributed by atoms with Gasteiger partial charge in [-0.25, -0.2) is 4.39 Å². The molecular formula is C26H37FN2O2S. The van der Waals surface area contributed by atoms with Crippen molar-refractivity contribution in [2.24, 2.45) is 11.3 Å². The molecule has 1 aromatic heterocycles. The van der Waals surface area contributed by atoms with Crippen LogP contribution in [0.25, 0.3) is 0 Å². The summed E-state index contributed by atoms with van der Waals surface area (Å²) in [6, 6.07) is 10.3. The largest absolute Gasteiger partial charge is 0.333 e. The van der Waals surface area contributed by atoms with Crippen LogP contribution >= 0.6 is 11.3 Å². The van der Waals surface area contributed by atoms with Gasteiger partial charge in [-0.2, -0.15) is 0 Å². The van der Waals surface area contributed by atoms with Crippen molar-refractivity contribution >= 4 is 23.2 Å². The summed E-state index contributed by atoms with van der Waals surface area (Å²) < 4.78 is 13.4. The number of carbonyl (C=O) groups excluding carboxylic acids is 2. The quantitative estimate of drug-likeness (QED) is 0.434. The first-order valence-electron chi connectivity index (χ1n) is 11.3. The molecule has 0 saturated carbocycles. The predicted molar refractivity (Wildman–Crippen MR) is 130 cm³/mol. The van der Waals surface area contributed by atoms with Gasteiger partial charge in [0.1, 0.15) is 5.82 Å². The smallest absolute Gasteiger partial charge is 0.242 e. The average molecular weight is 461 g/mol. The molecule has 1 atom stereocenters. The fraction of sp³-hybridized carbons (Fsp3) is 0.538. The van der Waals surface area contributed by atoms with Gasteiger partial charge in [0.25, 0.3) is 0 Å². The van der Waals surface area contributed by atoms with Crippen molar-refractivity contribution in [1.29, 1.82) is 0 Å². The second-order valence-corrected chi connectivity index (χ2v) is 11.3. The van der Waals surface area contributed by atoms with Crippen molar-refractivity contribution in [3.05, 3.63) is 57.5 Å². The summed E-state index contributed by atoms with van der Waals surface area (Å²) in [5.74, 6) is -0.0592. The van der Waals surface area contributed by atoms with Crippen LogP contribution in [-0.4, -0.2) is 34.7 Å². The van der Waals surface area contributed by atoms with Gasteiger partial charge < -0.3 is 9.80 Å². The maximum atomic E-state index is 13.4. The van der Waals surface area contributed by atoms with Crippen molar-refractivity contribution in [1.82, 2.24) is 9.80 Å². The van der Waals surface area contributed by atoms with Crippen LogP contribution < -0.4 is 0 Å². The first-order valence-corrected chi connectivity index (χ1v) is 12.1. The Morgan fingerprint density at radius 3 is 2.19 bits per heavy atom. The third-order valence-corrected chi connectivity index (χ3v) is 6.36. The molecule has 0 radical (unpaired) electrons. The molecule has 0 aliphatic rings. The van der Waals surface area contributed by atoms with E-state index < -0.39 is 0 Å². The van der Waals surface area contributed by atoms with E-state index in [4.69, 9.17) is 0 Å². The van der Waals surface area contributed by atoms with Crippen molar-refractivity contribution in [3.63, 3.8) is 0 Å². The minimum Gasteiger partial charge on any atom is -0.333 e. The highest BCUT2D eigenvalue weighted by molar-refractivity contribution is 7.11. The Balaban J connectivity index is 2.22. The van der Waals surface area contributed by atoms with Gasteiger partial charge in [-0.3, -0.25) is 9.59 Å². The minimum absolute atomic E-state index is 0.0138. The van der Waals surface area contributed by atoms with Crippen LogP contribution in [-0.2, 0) is 22.7 Å². The lowest BCUT2D eigenvalue weighted by molar-refractivity contribution is -0.142. The molecular weight excluding hydrogens is 423 g/mol. The zero-order valence-electron chi connectivity index (χ0n) is 20.3. The van der Waals surface area contributed by atoms with E-state index in [2.05, 4.69) is 13.8 Å². The molecule has 0 N–H and O–H groups in total. The first kappa shape index (κ1) is 26.0. The van der Waals surface area contributed by atoms with Crippen LogP contribution in [0.1, 0.15) is 62.8 Å². The summed E-state index contributed by atoms with van der Waals surface area (Å²) in [6.07, 6.45) is 1.35. The number of hydrogen-bond acceptors (Lipinski definition) is 3. The van der Waals surface area contributed by atoms with Gasteiger partial charge in [0, 0.05) is 29.3 Å². The number of thiophene rings is 1. The Morgan fingerprint density at radius 1 is 1.00 bits per heavy atom. The molecule has 1 aromatic carbocycles. The molecule has 32 heavy (non-hydrogen) atoms. The summed E-state index contributed by atoms with van der Waals surface area (Å²) in [5, 5.41) is 0. The topological polar surface area (TPSA) is 40.6 Å². The molecule has 6 heteroatoms. The molecule has 0 unspecified atom stereocenters. The number of rotatable bonds is 10. The lowest BCUT2D eigenvalue weighted by atomic mass is 9.91. The molecule has 2 aromatic rings. The van der Waals surface area contributed by atoms with E-state index in [0.29, 0.717) is 32.0 Å². The zero-order valence-corrected chi connectivity index (χ0v) is 21.1. The summed E-state index contributed by atoms with van der Waals surface area (Å²) >= 11 is 1.66. The molecule has 0 aliphatic carbocycles. The Morgan fingerprint density at radius 2 is 1.66 bits per heavy atom. The minimum atomic E-state index is -0.298. The molecule has 4 nitrogen and oxygen atoms in total. The summed E-state index contributed by atoms with van der Waals surface area (Å²) in [6.45, 7) is 13.8. The highest BCUT2D eigenvalue weighted by Gasteiger charge is 2.26. The van der Waals surface area contributed by atoms with Crippen LogP contribution in [0.5, 0.6) is 0 Å². The van der Waals surface area contributed by atoms with Gasteiger partial charge in [-0.05, 0) is 48.1 Å². The van der Waals surface area contributed by atoms with Crippen molar-refractivity contribution in [3.8, 4) is 0 Å². The normalized spacial score (nSPS) is 12.5. The molecule has 2 amide bonds. The molecule has 2 rings (SSSR count). The fourth-order valence-electron chi connectivity index (χ4n) is 3.39. The van der Waals surface area contributed by atoms with E-state index in [9.17, 15) is 14.0 Å². The number of benzene rings is 1. The Labute approximate surface area is 196 Å². The first-order chi connectivity index (χ1) is 15.0. The van der Waals surface area contributed by atoms with Crippen LogP contribution in [0.3, 0.4) is 0 Å². The second-order valence-electron chi connectivity index (χ2n) is 9.91. The van der Waals surface area contributed by atoms with E-state index in [0.717, 1.165) is 16.9 Å². The summed E-state index contributed by atoms with van der Waals surface area (Å²) in [5.41, 5.74) is 0.721. The van der Waals surface area contributed by atoms with Gasteiger partial charge in [0.15, 0.2) is 0 Å². The SMILES string of the molecule is CC[C@H](C)CN(CC(=O)N(Cc1ccc(F)cc1)Cc1ccc(C)s1)C(=O)CC(C)(C)C. The van der Waals surface area contributed by atoms with Crippen molar-refractivity contribution in [2.75, 3.05) is 13.1 Å². The molecule has 176 valence electrons. The Kier molecular flexibility index (Phi) is 9.44. The molecule has 1 heterocycles. The van der Waals surface area contributed by atoms with Gasteiger partial charge >= 0.3 is 0 Å². The predicted octanol–water partition coefficient (Wildman–Crippen LogP) is 6.04. The lowest BCUT2D eigenvalue weighted by Crippen LogP contribution is -2.44. The van der Waals surface area contributed by atoms with Gasteiger partial charge in [0.2, 0.25) is 11.8 Å². The Bertz CT molecular complexity index is 886. The lowest BCUT2D eigenvalue weighted by Gasteiger charge is -2.31. The van der Waals surface area contributed by atoms with E-state index in [1.54, 1.807) is 33.3 Å². The van der Waals surface area contributed by atoms with E-state index in [1.165, 1.54) is 17.0 Å². The number of nitrogens with zero attached hydrogens (tertiary/aromatic N) is 2. The number of aryl methyl sites for hydroxylation is 1. The molecule has 0 saturated heterocycles. The number of carbonyl (C=O) groups is 2. The summed E-state index contributed by atoms with van der Waals surface area (Å²) in [4.78, 5) is 32.2. The third kappa shape index (κ3) is 8.73. The maximum absolute atomic E-state index is 13.4. The molecule has 0 bridgehead atoms. The maximum Gasteiger partial charge on any atom is 0.242 e. The van der Waals surface area contributed by atoms with E-state index >= 15 is 0 Å². The van der Waals surface area contributed by atoms with Gasteiger partial charge in [-0.15, -0.1) is 11.3 Å². The molecule has 0 aliphatic heterocycles. The second kappa shape index (κ2) is 11.6. The van der Waals surface area contributed by atoms with E-state index in [-0.39, 0.29) is 29.6 Å². The third-order valence-electron chi connectivity index (χ3n) is 5.37. The monoisotopic (exact) mass is 460 g/mol. The highest BCUT2D eigenvalue weighted by atomic mass is 32.1. The standard InChI is InChI=1S/C26H37FN2O2S/c1-7-19(2)15-28(24(30)14-26(4,5)6)18-25(31)29(17-23-13-8-20(3)32-23)16-21-9-11-22(27)12-10-21/h8-13,19H,7,14-18H2,1-6H3/t19-/m0/s1. The Hall–Kier alpha value is -2.21. The fourth-order valence-corrected chi connectivity index (χ4v) is 4.30. The zero-order chi connectivity index (χ0) is 23.9. The van der Waals surface area contributed by atoms with Crippen LogP contribution in [0.15, 0.2) is 36.4 Å². The number of halogens is 1. The van der Waals surface area contributed by atoms with Crippen molar-refractivity contribution in [2.45, 2.75) is 67.5 Å². The van der Waals surface area contributed by atoms with Crippen LogP contribution in [0.4, 0.5) is 4.39 Å². The number of amides is 2.